The molecule has 0 aromatic carbocycles. The van der Waals surface area contributed by atoms with E-state index in [1.807, 2.05) is 0 Å². The standard InChI is InChI=1S/C13H27N3O/c1-2-16-10-6-4-8-12(16)13(17)11(15)7-3-5-9-14/h11-12H,2-10,14-15H2,1H3. The van der Waals surface area contributed by atoms with E-state index in [1.54, 1.807) is 0 Å². The van der Waals surface area contributed by atoms with Gasteiger partial charge in [-0.05, 0) is 45.3 Å². The lowest BCUT2D eigenvalue weighted by Gasteiger charge is -2.35. The zero-order valence-electron chi connectivity index (χ0n) is 11.0. The Morgan fingerprint density at radius 3 is 2.82 bits per heavy atom. The summed E-state index contributed by atoms with van der Waals surface area (Å²) in [6.45, 7) is 4.80. The van der Waals surface area contributed by atoms with Gasteiger partial charge < -0.3 is 11.5 Å². The number of hydrogen-bond donors (Lipinski definition) is 2. The molecule has 1 aliphatic heterocycles. The molecule has 4 N–H and O–H groups in total. The van der Waals surface area contributed by atoms with Crippen LogP contribution in [-0.2, 0) is 4.79 Å². The molecule has 1 heterocycles. The van der Waals surface area contributed by atoms with Crippen LogP contribution in [0.15, 0.2) is 0 Å². The maximum atomic E-state index is 12.3. The number of Topliss-reactive ketones (excluding diaryl/α,β-unsaturated/α-hetero) is 1. The van der Waals surface area contributed by atoms with E-state index in [1.165, 1.54) is 6.42 Å². The van der Waals surface area contributed by atoms with Gasteiger partial charge in [-0.1, -0.05) is 19.8 Å². The summed E-state index contributed by atoms with van der Waals surface area (Å²) in [4.78, 5) is 14.5. The molecule has 1 aliphatic rings. The Bertz CT molecular complexity index is 233. The van der Waals surface area contributed by atoms with Crippen LogP contribution in [0, 0.1) is 0 Å². The molecule has 0 aromatic rings. The Kier molecular flexibility index (Phi) is 6.70. The first-order valence-corrected chi connectivity index (χ1v) is 6.94. The fourth-order valence-corrected chi connectivity index (χ4v) is 2.59. The van der Waals surface area contributed by atoms with E-state index in [0.717, 1.165) is 45.2 Å². The van der Waals surface area contributed by atoms with Crippen molar-refractivity contribution in [2.24, 2.45) is 11.5 Å². The zero-order chi connectivity index (χ0) is 12.7. The van der Waals surface area contributed by atoms with Crippen molar-refractivity contribution in [1.29, 1.82) is 0 Å². The van der Waals surface area contributed by atoms with Crippen molar-refractivity contribution in [3.63, 3.8) is 0 Å². The Morgan fingerprint density at radius 1 is 1.41 bits per heavy atom. The van der Waals surface area contributed by atoms with Crippen LogP contribution < -0.4 is 11.5 Å². The van der Waals surface area contributed by atoms with E-state index < -0.39 is 0 Å². The van der Waals surface area contributed by atoms with Crippen molar-refractivity contribution >= 4 is 5.78 Å². The molecule has 100 valence electrons. The highest BCUT2D eigenvalue weighted by Gasteiger charge is 2.30. The molecular formula is C13H27N3O. The molecule has 1 fully saturated rings. The zero-order valence-corrected chi connectivity index (χ0v) is 11.0. The second kappa shape index (κ2) is 7.80. The minimum Gasteiger partial charge on any atom is -0.330 e. The summed E-state index contributed by atoms with van der Waals surface area (Å²) in [5, 5.41) is 0. The van der Waals surface area contributed by atoms with Gasteiger partial charge in [-0.15, -0.1) is 0 Å². The number of ketones is 1. The van der Waals surface area contributed by atoms with Gasteiger partial charge in [0.2, 0.25) is 0 Å². The molecular weight excluding hydrogens is 214 g/mol. The maximum absolute atomic E-state index is 12.3. The Balaban J connectivity index is 2.43. The predicted octanol–water partition coefficient (Wildman–Crippen LogP) is 0.886. The molecule has 0 aromatic heterocycles. The summed E-state index contributed by atoms with van der Waals surface area (Å²) >= 11 is 0. The second-order valence-electron chi connectivity index (χ2n) is 4.93. The van der Waals surface area contributed by atoms with Crippen LogP contribution in [0.25, 0.3) is 0 Å². The molecule has 4 nitrogen and oxygen atoms in total. The lowest BCUT2D eigenvalue weighted by Crippen LogP contribution is -2.50. The molecule has 0 amide bonds. The van der Waals surface area contributed by atoms with Crippen molar-refractivity contribution in [2.45, 2.75) is 57.5 Å². The number of likely N-dealkylation sites (tertiary alicyclic amines) is 1. The highest BCUT2D eigenvalue weighted by molar-refractivity contribution is 5.88. The third kappa shape index (κ3) is 4.37. The molecule has 1 rings (SSSR count). The number of likely N-dealkylation sites (N-methyl/N-ethyl adjacent to an activating group) is 1. The minimum atomic E-state index is -0.293. The first-order valence-electron chi connectivity index (χ1n) is 6.94. The SMILES string of the molecule is CCN1CCCCC1C(=O)C(N)CCCCN. The number of nitrogens with zero attached hydrogens (tertiary/aromatic N) is 1. The number of rotatable bonds is 7. The topological polar surface area (TPSA) is 72.3 Å². The molecule has 0 radical (unpaired) electrons. The highest BCUT2D eigenvalue weighted by atomic mass is 16.1. The van der Waals surface area contributed by atoms with Gasteiger partial charge in [0, 0.05) is 0 Å². The van der Waals surface area contributed by atoms with Crippen molar-refractivity contribution in [1.82, 2.24) is 4.90 Å². The molecule has 0 bridgehead atoms. The van der Waals surface area contributed by atoms with Crippen molar-refractivity contribution in [3.05, 3.63) is 0 Å². The van der Waals surface area contributed by atoms with Crippen LogP contribution in [0.4, 0.5) is 0 Å². The molecule has 4 heteroatoms. The second-order valence-corrected chi connectivity index (χ2v) is 4.93. The van der Waals surface area contributed by atoms with Gasteiger partial charge in [0.1, 0.15) is 0 Å². The van der Waals surface area contributed by atoms with E-state index in [0.29, 0.717) is 6.54 Å². The van der Waals surface area contributed by atoms with Gasteiger partial charge in [-0.2, -0.15) is 0 Å². The number of nitrogens with two attached hydrogens (primary N) is 2. The number of carbonyl (C=O) groups excluding carboxylic acids is 1. The largest absolute Gasteiger partial charge is 0.330 e. The first-order chi connectivity index (χ1) is 8.20. The lowest BCUT2D eigenvalue weighted by atomic mass is 9.93. The average molecular weight is 241 g/mol. The Morgan fingerprint density at radius 2 is 2.18 bits per heavy atom. The number of unbranched alkanes of at least 4 members (excludes halogenated alkanes) is 1. The molecule has 0 spiro atoms. The summed E-state index contributed by atoms with van der Waals surface area (Å²) in [5.74, 6) is 0.239. The summed E-state index contributed by atoms with van der Waals surface area (Å²) < 4.78 is 0. The predicted molar refractivity (Wildman–Crippen MR) is 70.8 cm³/mol. The minimum absolute atomic E-state index is 0.0710. The van der Waals surface area contributed by atoms with E-state index in [2.05, 4.69) is 11.8 Å². The van der Waals surface area contributed by atoms with Crippen LogP contribution in [0.1, 0.15) is 45.4 Å². The van der Waals surface area contributed by atoms with E-state index in [-0.39, 0.29) is 17.9 Å². The van der Waals surface area contributed by atoms with Crippen molar-refractivity contribution in [3.8, 4) is 0 Å². The van der Waals surface area contributed by atoms with Gasteiger partial charge in [0.25, 0.3) is 0 Å². The van der Waals surface area contributed by atoms with Crippen LogP contribution in [0.5, 0.6) is 0 Å². The third-order valence-electron chi connectivity index (χ3n) is 3.68. The van der Waals surface area contributed by atoms with Gasteiger partial charge in [0.15, 0.2) is 5.78 Å². The summed E-state index contributed by atoms with van der Waals surface area (Å²) in [7, 11) is 0. The summed E-state index contributed by atoms with van der Waals surface area (Å²) in [5.41, 5.74) is 11.4. The van der Waals surface area contributed by atoms with Gasteiger partial charge in [-0.3, -0.25) is 9.69 Å². The van der Waals surface area contributed by atoms with Gasteiger partial charge in [0.05, 0.1) is 12.1 Å². The third-order valence-corrected chi connectivity index (χ3v) is 3.68. The van der Waals surface area contributed by atoms with Crippen LogP contribution in [0.2, 0.25) is 0 Å². The summed E-state index contributed by atoms with van der Waals surface area (Å²) in [6.07, 6.45) is 6.05. The number of piperidine rings is 1. The Hall–Kier alpha value is -0.450. The smallest absolute Gasteiger partial charge is 0.166 e. The monoisotopic (exact) mass is 241 g/mol. The molecule has 17 heavy (non-hydrogen) atoms. The van der Waals surface area contributed by atoms with Crippen LogP contribution >= 0.6 is 0 Å². The fraction of sp³-hybridized carbons (Fsp3) is 0.923. The normalized spacial score (nSPS) is 23.6. The van der Waals surface area contributed by atoms with Gasteiger partial charge in [-0.25, -0.2) is 0 Å². The quantitative estimate of drug-likeness (QED) is 0.649. The van der Waals surface area contributed by atoms with Crippen molar-refractivity contribution < 1.29 is 4.79 Å². The molecule has 1 saturated heterocycles. The summed E-state index contributed by atoms with van der Waals surface area (Å²) in [6, 6.07) is -0.222. The lowest BCUT2D eigenvalue weighted by molar-refractivity contribution is -0.126. The highest BCUT2D eigenvalue weighted by Crippen LogP contribution is 2.19. The molecule has 2 unspecified atom stereocenters. The van der Waals surface area contributed by atoms with E-state index in [4.69, 9.17) is 11.5 Å². The molecule has 0 saturated carbocycles. The Labute approximate surface area is 105 Å². The average Bonchev–Trinajstić information content (AvgIpc) is 2.38. The van der Waals surface area contributed by atoms with Gasteiger partial charge >= 0.3 is 0 Å². The number of carbonyl (C=O) groups is 1. The van der Waals surface area contributed by atoms with Crippen LogP contribution in [-0.4, -0.2) is 42.4 Å². The fourth-order valence-electron chi connectivity index (χ4n) is 2.59. The molecule has 2 atom stereocenters. The van der Waals surface area contributed by atoms with Crippen LogP contribution in [0.3, 0.4) is 0 Å². The first kappa shape index (κ1) is 14.6. The number of hydrogen-bond acceptors (Lipinski definition) is 4. The van der Waals surface area contributed by atoms with Crippen molar-refractivity contribution in [2.75, 3.05) is 19.6 Å². The van der Waals surface area contributed by atoms with E-state index in [9.17, 15) is 4.79 Å². The maximum Gasteiger partial charge on any atom is 0.166 e. The van der Waals surface area contributed by atoms with E-state index >= 15 is 0 Å². The molecule has 0 aliphatic carbocycles.